The average Bonchev–Trinajstić information content (AvgIpc) is 2.36. The zero-order chi connectivity index (χ0) is 15.2. The van der Waals surface area contributed by atoms with E-state index in [4.69, 9.17) is 0 Å². The summed E-state index contributed by atoms with van der Waals surface area (Å²) in [4.78, 5) is 2.18. The molecule has 3 heteroatoms. The highest BCUT2D eigenvalue weighted by atomic mass is 19.1. The second-order valence-electron chi connectivity index (χ2n) is 6.74. The Kier molecular flexibility index (Phi) is 6.63. The Morgan fingerprint density at radius 2 is 1.85 bits per heavy atom. The number of hydrogen-bond acceptors (Lipinski definition) is 2. The molecule has 1 aromatic carbocycles. The van der Waals surface area contributed by atoms with Crippen LogP contribution in [0.2, 0.25) is 0 Å². The summed E-state index contributed by atoms with van der Waals surface area (Å²) in [6.07, 6.45) is 1.17. The van der Waals surface area contributed by atoms with Crippen LogP contribution in [0, 0.1) is 11.2 Å². The molecule has 0 amide bonds. The number of benzene rings is 1. The first-order valence-electron chi connectivity index (χ1n) is 7.46. The molecule has 0 fully saturated rings. The summed E-state index contributed by atoms with van der Waals surface area (Å²) in [6.45, 7) is 11.7. The van der Waals surface area contributed by atoms with Gasteiger partial charge in [0.15, 0.2) is 0 Å². The summed E-state index contributed by atoms with van der Waals surface area (Å²) < 4.78 is 13.7. The van der Waals surface area contributed by atoms with Gasteiger partial charge in [0, 0.05) is 24.7 Å². The lowest BCUT2D eigenvalue weighted by Gasteiger charge is -2.26. The molecule has 0 bridgehead atoms. The van der Waals surface area contributed by atoms with E-state index < -0.39 is 0 Å². The summed E-state index contributed by atoms with van der Waals surface area (Å²) in [6, 6.07) is 7.12. The van der Waals surface area contributed by atoms with Crippen molar-refractivity contribution in [3.63, 3.8) is 0 Å². The van der Waals surface area contributed by atoms with E-state index in [-0.39, 0.29) is 11.9 Å². The summed E-state index contributed by atoms with van der Waals surface area (Å²) in [7, 11) is 2.04. The molecule has 1 unspecified atom stereocenters. The molecule has 0 aliphatic heterocycles. The molecule has 1 aromatic rings. The molecule has 1 N–H and O–H groups in total. The second kappa shape index (κ2) is 7.75. The van der Waals surface area contributed by atoms with Crippen LogP contribution in [0.3, 0.4) is 0 Å². The van der Waals surface area contributed by atoms with Gasteiger partial charge < -0.3 is 5.32 Å². The molecule has 0 aromatic heterocycles. The zero-order valence-corrected chi connectivity index (χ0v) is 13.5. The van der Waals surface area contributed by atoms with Crippen molar-refractivity contribution in [1.82, 2.24) is 10.2 Å². The predicted octanol–water partition coefficient (Wildman–Crippen LogP) is 3.84. The molecule has 0 spiro atoms. The van der Waals surface area contributed by atoms with E-state index >= 15 is 0 Å². The van der Waals surface area contributed by atoms with E-state index in [0.29, 0.717) is 5.41 Å². The molecule has 0 saturated carbocycles. The standard InChI is InChI=1S/C17H29FN2/c1-14(15-8-6-7-9-16(15)18)20(5)13-12-19-11-10-17(2,3)4/h6-9,14,19H,10-13H2,1-5H3. The minimum atomic E-state index is -0.118. The molecule has 1 atom stereocenters. The van der Waals surface area contributed by atoms with Crippen LogP contribution in [0.15, 0.2) is 24.3 Å². The molecule has 0 aliphatic carbocycles. The topological polar surface area (TPSA) is 15.3 Å². The third-order valence-corrected chi connectivity index (χ3v) is 3.71. The van der Waals surface area contributed by atoms with Crippen molar-refractivity contribution in [2.45, 2.75) is 40.2 Å². The first kappa shape index (κ1) is 17.1. The molecule has 0 saturated heterocycles. The van der Waals surface area contributed by atoms with Gasteiger partial charge in [-0.1, -0.05) is 39.0 Å². The highest BCUT2D eigenvalue weighted by Gasteiger charge is 2.14. The van der Waals surface area contributed by atoms with Crippen LogP contribution in [0.25, 0.3) is 0 Å². The number of hydrogen-bond donors (Lipinski definition) is 1. The van der Waals surface area contributed by atoms with Gasteiger partial charge in [-0.15, -0.1) is 0 Å². The van der Waals surface area contributed by atoms with Crippen LogP contribution >= 0.6 is 0 Å². The number of halogens is 1. The van der Waals surface area contributed by atoms with E-state index in [9.17, 15) is 4.39 Å². The molecule has 114 valence electrons. The molecule has 1 rings (SSSR count). The van der Waals surface area contributed by atoms with E-state index in [1.165, 1.54) is 12.5 Å². The summed E-state index contributed by atoms with van der Waals surface area (Å²) in [5, 5.41) is 3.46. The van der Waals surface area contributed by atoms with Crippen LogP contribution in [-0.4, -0.2) is 31.6 Å². The molecule has 20 heavy (non-hydrogen) atoms. The Labute approximate surface area is 123 Å². The lowest BCUT2D eigenvalue weighted by molar-refractivity contribution is 0.253. The highest BCUT2D eigenvalue weighted by Crippen LogP contribution is 2.21. The van der Waals surface area contributed by atoms with Gasteiger partial charge in [-0.2, -0.15) is 0 Å². The van der Waals surface area contributed by atoms with Gasteiger partial charge in [0.1, 0.15) is 5.82 Å². The molecular weight excluding hydrogens is 251 g/mol. The maximum absolute atomic E-state index is 13.7. The van der Waals surface area contributed by atoms with Crippen LogP contribution in [0.4, 0.5) is 4.39 Å². The fraction of sp³-hybridized carbons (Fsp3) is 0.647. The third-order valence-electron chi connectivity index (χ3n) is 3.71. The van der Waals surface area contributed by atoms with E-state index in [2.05, 4.69) is 31.0 Å². The average molecular weight is 280 g/mol. The zero-order valence-electron chi connectivity index (χ0n) is 13.5. The lowest BCUT2D eigenvalue weighted by atomic mass is 9.92. The SMILES string of the molecule is CC(c1ccccc1F)N(C)CCNCCC(C)(C)C. The molecule has 0 aliphatic rings. The van der Waals surface area contributed by atoms with Gasteiger partial charge in [-0.05, 0) is 38.4 Å². The van der Waals surface area contributed by atoms with Crippen molar-refractivity contribution >= 4 is 0 Å². The van der Waals surface area contributed by atoms with Crippen molar-refractivity contribution in [3.05, 3.63) is 35.6 Å². The van der Waals surface area contributed by atoms with Gasteiger partial charge in [0.25, 0.3) is 0 Å². The van der Waals surface area contributed by atoms with Gasteiger partial charge in [-0.25, -0.2) is 4.39 Å². The van der Waals surface area contributed by atoms with Crippen LogP contribution in [0.5, 0.6) is 0 Å². The Morgan fingerprint density at radius 3 is 2.45 bits per heavy atom. The van der Waals surface area contributed by atoms with Gasteiger partial charge >= 0.3 is 0 Å². The van der Waals surface area contributed by atoms with E-state index in [1.54, 1.807) is 6.07 Å². The molecule has 0 heterocycles. The minimum absolute atomic E-state index is 0.0978. The van der Waals surface area contributed by atoms with Crippen molar-refractivity contribution < 1.29 is 4.39 Å². The molecule has 0 radical (unpaired) electrons. The third kappa shape index (κ3) is 6.02. The van der Waals surface area contributed by atoms with Crippen molar-refractivity contribution in [3.8, 4) is 0 Å². The Balaban J connectivity index is 2.32. The quantitative estimate of drug-likeness (QED) is 0.763. The van der Waals surface area contributed by atoms with Gasteiger partial charge in [0.05, 0.1) is 0 Å². The minimum Gasteiger partial charge on any atom is -0.315 e. The van der Waals surface area contributed by atoms with E-state index in [0.717, 1.165) is 25.2 Å². The summed E-state index contributed by atoms with van der Waals surface area (Å²) >= 11 is 0. The van der Waals surface area contributed by atoms with Crippen molar-refractivity contribution in [2.24, 2.45) is 5.41 Å². The largest absolute Gasteiger partial charge is 0.315 e. The van der Waals surface area contributed by atoms with Crippen LogP contribution in [0.1, 0.15) is 45.7 Å². The Bertz CT molecular complexity index is 398. The van der Waals surface area contributed by atoms with Crippen molar-refractivity contribution in [2.75, 3.05) is 26.7 Å². The monoisotopic (exact) mass is 280 g/mol. The van der Waals surface area contributed by atoms with Gasteiger partial charge in [0.2, 0.25) is 0 Å². The summed E-state index contributed by atoms with van der Waals surface area (Å²) in [5.74, 6) is -0.118. The maximum atomic E-state index is 13.7. The molecular formula is C17H29FN2. The van der Waals surface area contributed by atoms with Crippen molar-refractivity contribution in [1.29, 1.82) is 0 Å². The first-order valence-corrected chi connectivity index (χ1v) is 7.46. The Hall–Kier alpha value is -0.930. The fourth-order valence-electron chi connectivity index (χ4n) is 2.09. The van der Waals surface area contributed by atoms with Crippen LogP contribution in [-0.2, 0) is 0 Å². The van der Waals surface area contributed by atoms with Gasteiger partial charge in [-0.3, -0.25) is 4.90 Å². The number of nitrogens with one attached hydrogen (secondary N) is 1. The second-order valence-corrected chi connectivity index (χ2v) is 6.74. The maximum Gasteiger partial charge on any atom is 0.127 e. The highest BCUT2D eigenvalue weighted by molar-refractivity contribution is 5.20. The smallest absolute Gasteiger partial charge is 0.127 e. The van der Waals surface area contributed by atoms with Crippen LogP contribution < -0.4 is 5.32 Å². The fourth-order valence-corrected chi connectivity index (χ4v) is 2.09. The first-order chi connectivity index (χ1) is 9.31. The predicted molar refractivity (Wildman–Crippen MR) is 84.4 cm³/mol. The normalized spacial score (nSPS) is 13.8. The number of likely N-dealkylation sites (N-methyl/N-ethyl adjacent to an activating group) is 1. The Morgan fingerprint density at radius 1 is 1.20 bits per heavy atom. The lowest BCUT2D eigenvalue weighted by Crippen LogP contribution is -2.32. The molecule has 2 nitrogen and oxygen atoms in total. The number of nitrogens with zero attached hydrogens (tertiary/aromatic N) is 1. The number of rotatable bonds is 7. The summed E-state index contributed by atoms with van der Waals surface area (Å²) in [5.41, 5.74) is 1.14. The van der Waals surface area contributed by atoms with E-state index in [1.807, 2.05) is 26.1 Å².